The van der Waals surface area contributed by atoms with E-state index in [2.05, 4.69) is 37.6 Å². The third-order valence-electron chi connectivity index (χ3n) is 4.32. The first-order valence-electron chi connectivity index (χ1n) is 6.49. The van der Waals surface area contributed by atoms with Crippen molar-refractivity contribution < 1.29 is 4.79 Å². The second-order valence-electron chi connectivity index (χ2n) is 5.83. The summed E-state index contributed by atoms with van der Waals surface area (Å²) in [6.07, 6.45) is 0. The molecule has 0 aromatic carbocycles. The van der Waals surface area contributed by atoms with E-state index in [-0.39, 0.29) is 0 Å². The van der Waals surface area contributed by atoms with E-state index < -0.39 is 0 Å². The van der Waals surface area contributed by atoms with Gasteiger partial charge in [0, 0.05) is 32.1 Å². The van der Waals surface area contributed by atoms with Crippen LogP contribution >= 0.6 is 0 Å². The van der Waals surface area contributed by atoms with Crippen LogP contribution in [0.15, 0.2) is 0 Å². The maximum Gasteiger partial charge on any atom is 0.226 e. The number of hydrogen-bond acceptors (Lipinski definition) is 2. The highest BCUT2D eigenvalue weighted by atomic mass is 16.2. The first kappa shape index (κ1) is 11.9. The highest BCUT2D eigenvalue weighted by molar-refractivity contribution is 5.82. The Morgan fingerprint density at radius 3 is 2.19 bits per heavy atom. The lowest BCUT2D eigenvalue weighted by atomic mass is 10.1. The molecule has 0 bridgehead atoms. The molecule has 0 N–H and O–H groups in total. The predicted octanol–water partition coefficient (Wildman–Crippen LogP) is 1.30. The van der Waals surface area contributed by atoms with Crippen molar-refractivity contribution in [2.24, 2.45) is 23.7 Å². The molecule has 1 amide bonds. The van der Waals surface area contributed by atoms with Crippen LogP contribution in [0.25, 0.3) is 0 Å². The monoisotopic (exact) mass is 224 g/mol. The van der Waals surface area contributed by atoms with Crippen LogP contribution in [0.4, 0.5) is 0 Å². The first-order valence-corrected chi connectivity index (χ1v) is 6.49. The van der Waals surface area contributed by atoms with Crippen molar-refractivity contribution in [3.8, 4) is 0 Å². The van der Waals surface area contributed by atoms with Crippen molar-refractivity contribution in [2.45, 2.75) is 20.8 Å². The fourth-order valence-electron chi connectivity index (χ4n) is 3.14. The predicted molar refractivity (Wildman–Crippen MR) is 65.1 cm³/mol. The van der Waals surface area contributed by atoms with Gasteiger partial charge in [-0.25, -0.2) is 0 Å². The van der Waals surface area contributed by atoms with Crippen LogP contribution in [-0.4, -0.2) is 48.9 Å². The average molecular weight is 224 g/mol. The SMILES string of the molecule is CC(C)C1C(C)C1C(=O)N1CCN(C)CC1. The average Bonchev–Trinajstić information content (AvgIpc) is 2.90. The summed E-state index contributed by atoms with van der Waals surface area (Å²) in [4.78, 5) is 16.7. The number of piperazine rings is 1. The zero-order valence-electron chi connectivity index (χ0n) is 10.9. The Hall–Kier alpha value is -0.570. The molecular formula is C13H24N2O. The number of nitrogens with zero attached hydrogens (tertiary/aromatic N) is 2. The lowest BCUT2D eigenvalue weighted by Crippen LogP contribution is -2.48. The van der Waals surface area contributed by atoms with Crippen LogP contribution < -0.4 is 0 Å². The van der Waals surface area contributed by atoms with Crippen LogP contribution in [0.5, 0.6) is 0 Å². The van der Waals surface area contributed by atoms with Crippen LogP contribution in [0.2, 0.25) is 0 Å². The second kappa shape index (κ2) is 4.36. The van der Waals surface area contributed by atoms with Gasteiger partial charge in [0.25, 0.3) is 0 Å². The zero-order valence-corrected chi connectivity index (χ0v) is 10.9. The maximum atomic E-state index is 12.3. The Bertz CT molecular complexity index is 269. The summed E-state index contributed by atoms with van der Waals surface area (Å²) in [6.45, 7) is 10.6. The number of hydrogen-bond donors (Lipinski definition) is 0. The molecule has 2 aliphatic rings. The minimum Gasteiger partial charge on any atom is -0.340 e. The van der Waals surface area contributed by atoms with E-state index in [1.54, 1.807) is 0 Å². The molecule has 1 aliphatic heterocycles. The number of carbonyl (C=O) groups excluding carboxylic acids is 1. The smallest absolute Gasteiger partial charge is 0.226 e. The van der Waals surface area contributed by atoms with Crippen molar-refractivity contribution in [3.05, 3.63) is 0 Å². The molecule has 1 saturated heterocycles. The lowest BCUT2D eigenvalue weighted by molar-refractivity contribution is -0.134. The van der Waals surface area contributed by atoms with E-state index in [1.165, 1.54) is 0 Å². The summed E-state index contributed by atoms with van der Waals surface area (Å²) in [5.74, 6) is 2.62. The summed E-state index contributed by atoms with van der Waals surface area (Å²) in [5, 5.41) is 0. The minimum absolute atomic E-state index is 0.323. The van der Waals surface area contributed by atoms with Gasteiger partial charge in [-0.1, -0.05) is 20.8 Å². The summed E-state index contributed by atoms with van der Waals surface area (Å²) in [7, 11) is 2.12. The van der Waals surface area contributed by atoms with Gasteiger partial charge >= 0.3 is 0 Å². The zero-order chi connectivity index (χ0) is 11.9. The number of rotatable bonds is 2. The fourth-order valence-corrected chi connectivity index (χ4v) is 3.14. The Kier molecular flexibility index (Phi) is 3.24. The van der Waals surface area contributed by atoms with Crippen LogP contribution in [0, 0.1) is 23.7 Å². The summed E-state index contributed by atoms with van der Waals surface area (Å²) in [6, 6.07) is 0. The van der Waals surface area contributed by atoms with Crippen molar-refractivity contribution in [1.82, 2.24) is 9.80 Å². The van der Waals surface area contributed by atoms with E-state index in [0.717, 1.165) is 26.2 Å². The molecule has 1 aliphatic carbocycles. The third kappa shape index (κ3) is 2.10. The number of likely N-dealkylation sites (N-methyl/N-ethyl adjacent to an activating group) is 1. The molecular weight excluding hydrogens is 200 g/mol. The Labute approximate surface area is 98.8 Å². The van der Waals surface area contributed by atoms with Gasteiger partial charge in [-0.3, -0.25) is 4.79 Å². The lowest BCUT2D eigenvalue weighted by Gasteiger charge is -2.32. The quantitative estimate of drug-likeness (QED) is 0.706. The van der Waals surface area contributed by atoms with Crippen LogP contribution in [0.1, 0.15) is 20.8 Å². The summed E-state index contributed by atoms with van der Waals surface area (Å²) >= 11 is 0. The van der Waals surface area contributed by atoms with E-state index in [0.29, 0.717) is 29.6 Å². The summed E-state index contributed by atoms with van der Waals surface area (Å²) < 4.78 is 0. The highest BCUT2D eigenvalue weighted by Crippen LogP contribution is 2.51. The molecule has 0 aromatic rings. The number of carbonyl (C=O) groups is 1. The third-order valence-corrected chi connectivity index (χ3v) is 4.32. The number of amides is 1. The molecule has 0 aromatic heterocycles. The summed E-state index contributed by atoms with van der Waals surface area (Å²) in [5.41, 5.74) is 0. The molecule has 2 fully saturated rings. The van der Waals surface area contributed by atoms with E-state index >= 15 is 0 Å². The Morgan fingerprint density at radius 1 is 1.19 bits per heavy atom. The maximum absolute atomic E-state index is 12.3. The Balaban J connectivity index is 1.89. The van der Waals surface area contributed by atoms with Gasteiger partial charge in [0.05, 0.1) is 0 Å². The molecule has 3 unspecified atom stereocenters. The first-order chi connectivity index (χ1) is 7.52. The molecule has 92 valence electrons. The molecule has 3 atom stereocenters. The molecule has 1 saturated carbocycles. The van der Waals surface area contributed by atoms with E-state index in [9.17, 15) is 4.79 Å². The Morgan fingerprint density at radius 2 is 1.75 bits per heavy atom. The largest absolute Gasteiger partial charge is 0.340 e. The van der Waals surface area contributed by atoms with Crippen molar-refractivity contribution in [3.63, 3.8) is 0 Å². The van der Waals surface area contributed by atoms with Gasteiger partial charge in [0.15, 0.2) is 0 Å². The van der Waals surface area contributed by atoms with Gasteiger partial charge in [0.2, 0.25) is 5.91 Å². The van der Waals surface area contributed by atoms with Gasteiger partial charge in [-0.15, -0.1) is 0 Å². The van der Waals surface area contributed by atoms with Crippen molar-refractivity contribution in [2.75, 3.05) is 33.2 Å². The molecule has 1 heterocycles. The molecule has 2 rings (SSSR count). The van der Waals surface area contributed by atoms with E-state index in [4.69, 9.17) is 0 Å². The fraction of sp³-hybridized carbons (Fsp3) is 0.923. The molecule has 16 heavy (non-hydrogen) atoms. The molecule has 0 spiro atoms. The minimum atomic E-state index is 0.323. The van der Waals surface area contributed by atoms with Crippen LogP contribution in [0.3, 0.4) is 0 Å². The molecule has 3 heteroatoms. The van der Waals surface area contributed by atoms with Gasteiger partial charge < -0.3 is 9.80 Å². The standard InChI is InChI=1S/C13H24N2O/c1-9(2)11-10(3)12(11)13(16)15-7-5-14(4)6-8-15/h9-12H,5-8H2,1-4H3. The normalized spacial score (nSPS) is 35.6. The second-order valence-corrected chi connectivity index (χ2v) is 5.83. The van der Waals surface area contributed by atoms with Gasteiger partial charge in [-0.05, 0) is 24.8 Å². The van der Waals surface area contributed by atoms with Crippen LogP contribution in [-0.2, 0) is 4.79 Å². The van der Waals surface area contributed by atoms with E-state index in [1.807, 2.05) is 0 Å². The molecule has 0 radical (unpaired) electrons. The molecule has 3 nitrogen and oxygen atoms in total. The van der Waals surface area contributed by atoms with Crippen molar-refractivity contribution in [1.29, 1.82) is 0 Å². The topological polar surface area (TPSA) is 23.6 Å². The van der Waals surface area contributed by atoms with Gasteiger partial charge in [-0.2, -0.15) is 0 Å². The van der Waals surface area contributed by atoms with Crippen molar-refractivity contribution >= 4 is 5.91 Å². The van der Waals surface area contributed by atoms with Gasteiger partial charge in [0.1, 0.15) is 0 Å². The highest BCUT2D eigenvalue weighted by Gasteiger charge is 2.53.